The molecule has 0 radical (unpaired) electrons. The zero-order valence-corrected chi connectivity index (χ0v) is 10.6. The van der Waals surface area contributed by atoms with E-state index in [0.717, 1.165) is 19.4 Å². The number of aromatic nitrogens is 3. The molecule has 1 rings (SSSR count). The lowest BCUT2D eigenvalue weighted by molar-refractivity contribution is 0.0690. The number of nitrogens with one attached hydrogen (secondary N) is 1. The Labute approximate surface area is 101 Å². The number of carboxylic acid groups (broad SMARTS) is 1. The first-order valence-corrected chi connectivity index (χ1v) is 5.83. The van der Waals surface area contributed by atoms with E-state index in [0.29, 0.717) is 6.54 Å². The van der Waals surface area contributed by atoms with Gasteiger partial charge in [0.2, 0.25) is 0 Å². The van der Waals surface area contributed by atoms with Crippen molar-refractivity contribution >= 4 is 5.97 Å². The second-order valence-corrected chi connectivity index (χ2v) is 4.73. The van der Waals surface area contributed by atoms with Crippen molar-refractivity contribution in [2.24, 2.45) is 0 Å². The lowest BCUT2D eigenvalue weighted by atomic mass is 9.99. The Morgan fingerprint density at radius 1 is 1.59 bits per heavy atom. The van der Waals surface area contributed by atoms with Crippen molar-refractivity contribution in [3.8, 4) is 0 Å². The van der Waals surface area contributed by atoms with Gasteiger partial charge >= 0.3 is 5.97 Å². The largest absolute Gasteiger partial charge is 0.476 e. The fraction of sp³-hybridized carbons (Fsp3) is 0.727. The van der Waals surface area contributed by atoms with Crippen molar-refractivity contribution in [2.75, 3.05) is 6.54 Å². The fourth-order valence-electron chi connectivity index (χ4n) is 1.73. The average Bonchev–Trinajstić information content (AvgIpc) is 2.66. The number of hydrogen-bond acceptors (Lipinski definition) is 4. The van der Waals surface area contributed by atoms with Crippen molar-refractivity contribution < 1.29 is 9.90 Å². The number of aromatic carboxylic acids is 1. The smallest absolute Gasteiger partial charge is 0.358 e. The van der Waals surface area contributed by atoms with Crippen LogP contribution in [0.3, 0.4) is 0 Å². The molecule has 0 aromatic carbocycles. The first-order valence-electron chi connectivity index (χ1n) is 5.83. The summed E-state index contributed by atoms with van der Waals surface area (Å²) in [6, 6.07) is 0. The zero-order valence-electron chi connectivity index (χ0n) is 10.6. The minimum atomic E-state index is -1.05. The fourth-order valence-corrected chi connectivity index (χ4v) is 1.73. The SMILES string of the molecule is CCCC(C)(C)NCCn1cc(C(=O)O)nn1. The Morgan fingerprint density at radius 3 is 2.82 bits per heavy atom. The van der Waals surface area contributed by atoms with Crippen LogP contribution in [0.5, 0.6) is 0 Å². The number of carbonyl (C=O) groups is 1. The van der Waals surface area contributed by atoms with Crippen LogP contribution in [0.2, 0.25) is 0 Å². The van der Waals surface area contributed by atoms with Crippen molar-refractivity contribution in [3.05, 3.63) is 11.9 Å². The molecular weight excluding hydrogens is 220 g/mol. The van der Waals surface area contributed by atoms with Gasteiger partial charge in [-0.25, -0.2) is 4.79 Å². The van der Waals surface area contributed by atoms with E-state index in [1.807, 2.05) is 0 Å². The number of hydrogen-bond donors (Lipinski definition) is 2. The van der Waals surface area contributed by atoms with E-state index in [9.17, 15) is 4.79 Å². The van der Waals surface area contributed by atoms with Gasteiger partial charge in [0.05, 0.1) is 12.7 Å². The van der Waals surface area contributed by atoms with Gasteiger partial charge in [-0.1, -0.05) is 18.6 Å². The molecule has 0 saturated heterocycles. The van der Waals surface area contributed by atoms with Gasteiger partial charge in [0.25, 0.3) is 0 Å². The molecule has 6 nitrogen and oxygen atoms in total. The van der Waals surface area contributed by atoms with Gasteiger partial charge in [0, 0.05) is 12.1 Å². The summed E-state index contributed by atoms with van der Waals surface area (Å²) < 4.78 is 1.54. The molecule has 0 amide bonds. The van der Waals surface area contributed by atoms with Crippen LogP contribution in [-0.4, -0.2) is 38.2 Å². The van der Waals surface area contributed by atoms with E-state index >= 15 is 0 Å². The molecule has 0 unspecified atom stereocenters. The van der Waals surface area contributed by atoms with Gasteiger partial charge in [-0.2, -0.15) is 0 Å². The maximum Gasteiger partial charge on any atom is 0.358 e. The third-order valence-corrected chi connectivity index (χ3v) is 2.58. The van der Waals surface area contributed by atoms with Crippen LogP contribution < -0.4 is 5.32 Å². The third kappa shape index (κ3) is 4.52. The molecule has 0 bridgehead atoms. The molecule has 0 aliphatic heterocycles. The number of carboxylic acids is 1. The second-order valence-electron chi connectivity index (χ2n) is 4.73. The average molecular weight is 240 g/mol. The molecule has 1 heterocycles. The highest BCUT2D eigenvalue weighted by molar-refractivity contribution is 5.84. The molecule has 0 spiro atoms. The normalized spacial score (nSPS) is 11.7. The number of nitrogens with zero attached hydrogens (tertiary/aromatic N) is 3. The Balaban J connectivity index is 2.38. The van der Waals surface area contributed by atoms with Crippen molar-refractivity contribution in [1.82, 2.24) is 20.3 Å². The molecule has 1 aromatic rings. The minimum absolute atomic E-state index is 0.0159. The van der Waals surface area contributed by atoms with Crippen LogP contribution >= 0.6 is 0 Å². The summed E-state index contributed by atoms with van der Waals surface area (Å²) in [5.41, 5.74) is 0.0862. The van der Waals surface area contributed by atoms with Crippen LogP contribution in [-0.2, 0) is 6.54 Å². The number of rotatable bonds is 7. The standard InChI is InChI=1S/C11H20N4O2/c1-4-5-11(2,3)12-6-7-15-8-9(10(16)17)13-14-15/h8,12H,4-7H2,1-3H3,(H,16,17). The Kier molecular flexibility index (Phi) is 4.62. The molecule has 2 N–H and O–H groups in total. The molecule has 0 aliphatic rings. The highest BCUT2D eigenvalue weighted by Gasteiger charge is 2.15. The first kappa shape index (κ1) is 13.6. The van der Waals surface area contributed by atoms with Crippen LogP contribution in [0.4, 0.5) is 0 Å². The second kappa shape index (κ2) is 5.77. The quantitative estimate of drug-likeness (QED) is 0.747. The summed E-state index contributed by atoms with van der Waals surface area (Å²) in [5, 5.41) is 19.4. The van der Waals surface area contributed by atoms with Gasteiger partial charge in [-0.15, -0.1) is 5.10 Å². The summed E-state index contributed by atoms with van der Waals surface area (Å²) in [5.74, 6) is -1.05. The van der Waals surface area contributed by atoms with Crippen LogP contribution in [0.25, 0.3) is 0 Å². The molecule has 17 heavy (non-hydrogen) atoms. The van der Waals surface area contributed by atoms with E-state index in [1.165, 1.54) is 6.20 Å². The maximum atomic E-state index is 10.6. The summed E-state index contributed by atoms with van der Waals surface area (Å²) in [6.45, 7) is 7.82. The van der Waals surface area contributed by atoms with E-state index in [4.69, 9.17) is 5.11 Å². The zero-order chi connectivity index (χ0) is 12.9. The summed E-state index contributed by atoms with van der Waals surface area (Å²) in [7, 11) is 0. The highest BCUT2D eigenvalue weighted by atomic mass is 16.4. The highest BCUT2D eigenvalue weighted by Crippen LogP contribution is 2.09. The summed E-state index contributed by atoms with van der Waals surface area (Å²) in [6.07, 6.45) is 3.67. The molecule has 6 heteroatoms. The van der Waals surface area contributed by atoms with Crippen LogP contribution in [0, 0.1) is 0 Å². The predicted octanol–water partition coefficient (Wildman–Crippen LogP) is 1.14. The Hall–Kier alpha value is -1.43. The van der Waals surface area contributed by atoms with E-state index < -0.39 is 5.97 Å². The maximum absolute atomic E-state index is 10.6. The van der Waals surface area contributed by atoms with E-state index in [-0.39, 0.29) is 11.2 Å². The minimum Gasteiger partial charge on any atom is -0.476 e. The van der Waals surface area contributed by atoms with Gasteiger partial charge in [0.1, 0.15) is 0 Å². The third-order valence-electron chi connectivity index (χ3n) is 2.58. The van der Waals surface area contributed by atoms with E-state index in [1.54, 1.807) is 4.68 Å². The topological polar surface area (TPSA) is 80.0 Å². The van der Waals surface area contributed by atoms with Crippen LogP contribution in [0.15, 0.2) is 6.20 Å². The molecule has 1 aromatic heterocycles. The van der Waals surface area contributed by atoms with Gasteiger partial charge in [-0.3, -0.25) is 4.68 Å². The Morgan fingerprint density at radius 2 is 2.29 bits per heavy atom. The molecule has 0 atom stereocenters. The van der Waals surface area contributed by atoms with Crippen molar-refractivity contribution in [2.45, 2.75) is 45.7 Å². The van der Waals surface area contributed by atoms with E-state index in [2.05, 4.69) is 36.4 Å². The molecule has 96 valence electrons. The van der Waals surface area contributed by atoms with Gasteiger partial charge < -0.3 is 10.4 Å². The van der Waals surface area contributed by atoms with Crippen molar-refractivity contribution in [1.29, 1.82) is 0 Å². The molecule has 0 fully saturated rings. The summed E-state index contributed by atoms with van der Waals surface area (Å²) in [4.78, 5) is 10.6. The summed E-state index contributed by atoms with van der Waals surface area (Å²) >= 11 is 0. The lowest BCUT2D eigenvalue weighted by Crippen LogP contribution is -2.40. The molecule has 0 aliphatic carbocycles. The predicted molar refractivity (Wildman–Crippen MR) is 64.0 cm³/mol. The first-order chi connectivity index (χ1) is 7.94. The monoisotopic (exact) mass is 240 g/mol. The van der Waals surface area contributed by atoms with Gasteiger partial charge in [-0.05, 0) is 20.3 Å². The molecular formula is C11H20N4O2. The van der Waals surface area contributed by atoms with Crippen molar-refractivity contribution in [3.63, 3.8) is 0 Å². The lowest BCUT2D eigenvalue weighted by Gasteiger charge is -2.25. The Bertz CT molecular complexity index is 373. The van der Waals surface area contributed by atoms with Crippen LogP contribution in [0.1, 0.15) is 44.1 Å². The van der Waals surface area contributed by atoms with Gasteiger partial charge in [0.15, 0.2) is 5.69 Å². The molecule has 0 saturated carbocycles.